The molecule has 0 N–H and O–H groups in total. The highest BCUT2D eigenvalue weighted by Gasteiger charge is 2.43. The van der Waals surface area contributed by atoms with E-state index in [4.69, 9.17) is 14.0 Å². The first-order valence-corrected chi connectivity index (χ1v) is 3.83. The van der Waals surface area contributed by atoms with Gasteiger partial charge in [-0.3, -0.25) is 0 Å². The molecule has 0 saturated carbocycles. The quantitative estimate of drug-likeness (QED) is 0.573. The van der Waals surface area contributed by atoms with Crippen molar-refractivity contribution >= 4 is 6.08 Å². The maximum Gasteiger partial charge on any atom is 0.221 e. The van der Waals surface area contributed by atoms with Gasteiger partial charge >= 0.3 is 0 Å². The normalized spacial score (nSPS) is 23.7. The van der Waals surface area contributed by atoms with Crippen LogP contribution in [0.25, 0.3) is 6.08 Å². The van der Waals surface area contributed by atoms with Gasteiger partial charge < -0.3 is 14.0 Å². The Labute approximate surface area is 68.7 Å². The number of rotatable bonds is 0. The lowest BCUT2D eigenvalue weighted by Gasteiger charge is -2.18. The predicted octanol–water partition coefficient (Wildman–Crippen LogP) is 0.901. The van der Waals surface area contributed by atoms with Crippen LogP contribution in [-0.2, 0) is 15.3 Å². The molecule has 2 aliphatic rings. The summed E-state index contributed by atoms with van der Waals surface area (Å²) in [5, 5.41) is 3.68. The maximum absolute atomic E-state index is 5.48. The molecule has 1 fully saturated rings. The summed E-state index contributed by atoms with van der Waals surface area (Å²) >= 11 is 0. The van der Waals surface area contributed by atoms with Crippen LogP contribution in [0.1, 0.15) is 11.3 Å². The minimum absolute atomic E-state index is 0.620. The first-order valence-electron chi connectivity index (χ1n) is 3.83. The third kappa shape index (κ3) is 0.616. The Morgan fingerprint density at radius 2 is 2.17 bits per heavy atom. The van der Waals surface area contributed by atoms with Gasteiger partial charge in [0.15, 0.2) is 5.76 Å². The van der Waals surface area contributed by atoms with E-state index >= 15 is 0 Å². The largest absolute Gasteiger partial charge is 0.356 e. The molecule has 0 amide bonds. The summed E-state index contributed by atoms with van der Waals surface area (Å²) in [7, 11) is 0. The van der Waals surface area contributed by atoms with Gasteiger partial charge in [0.25, 0.3) is 0 Å². The minimum Gasteiger partial charge on any atom is -0.356 e. The van der Waals surface area contributed by atoms with Crippen molar-refractivity contribution in [3.63, 3.8) is 0 Å². The van der Waals surface area contributed by atoms with Crippen molar-refractivity contribution in [1.29, 1.82) is 0 Å². The van der Waals surface area contributed by atoms with Crippen molar-refractivity contribution in [2.45, 2.75) is 5.79 Å². The summed E-state index contributed by atoms with van der Waals surface area (Å²) in [6, 6.07) is 0. The van der Waals surface area contributed by atoms with E-state index in [2.05, 4.69) is 5.16 Å². The molecular weight excluding hydrogens is 158 g/mol. The zero-order valence-electron chi connectivity index (χ0n) is 6.32. The van der Waals surface area contributed by atoms with Crippen molar-refractivity contribution in [3.05, 3.63) is 23.6 Å². The molecule has 4 nitrogen and oxygen atoms in total. The predicted molar refractivity (Wildman–Crippen MR) is 39.1 cm³/mol. The number of ether oxygens (including phenoxy) is 2. The number of aromatic nitrogens is 1. The molecule has 1 saturated heterocycles. The topological polar surface area (TPSA) is 44.5 Å². The van der Waals surface area contributed by atoms with E-state index in [-0.39, 0.29) is 0 Å². The van der Waals surface area contributed by atoms with E-state index < -0.39 is 5.79 Å². The molecular formula is C8H7NO3. The Kier molecular flexibility index (Phi) is 1.05. The van der Waals surface area contributed by atoms with Crippen molar-refractivity contribution in [1.82, 2.24) is 5.16 Å². The van der Waals surface area contributed by atoms with E-state index in [1.807, 2.05) is 12.2 Å². The summed E-state index contributed by atoms with van der Waals surface area (Å²) in [6.45, 7) is 1.24. The smallest absolute Gasteiger partial charge is 0.221 e. The lowest BCUT2D eigenvalue weighted by molar-refractivity contribution is -0.120. The molecule has 0 bridgehead atoms. The van der Waals surface area contributed by atoms with Gasteiger partial charge in [0.05, 0.1) is 25.0 Å². The summed E-state index contributed by atoms with van der Waals surface area (Å²) < 4.78 is 15.9. The van der Waals surface area contributed by atoms with Crippen molar-refractivity contribution in [2.24, 2.45) is 0 Å². The van der Waals surface area contributed by atoms with Gasteiger partial charge in [-0.2, -0.15) is 0 Å². The van der Waals surface area contributed by atoms with Crippen LogP contribution in [0.3, 0.4) is 0 Å². The average molecular weight is 165 g/mol. The van der Waals surface area contributed by atoms with Crippen LogP contribution in [0.5, 0.6) is 0 Å². The molecule has 3 rings (SSSR count). The van der Waals surface area contributed by atoms with Crippen LogP contribution in [-0.4, -0.2) is 18.4 Å². The van der Waals surface area contributed by atoms with Crippen LogP contribution in [0.4, 0.5) is 0 Å². The molecule has 0 radical (unpaired) electrons. The first kappa shape index (κ1) is 6.39. The van der Waals surface area contributed by atoms with Crippen LogP contribution in [0.2, 0.25) is 0 Å². The van der Waals surface area contributed by atoms with E-state index in [1.165, 1.54) is 0 Å². The van der Waals surface area contributed by atoms with Gasteiger partial charge in [-0.1, -0.05) is 5.16 Å². The monoisotopic (exact) mass is 165 g/mol. The molecule has 4 heteroatoms. The summed E-state index contributed by atoms with van der Waals surface area (Å²) in [6.07, 6.45) is 5.32. The summed E-state index contributed by atoms with van der Waals surface area (Å²) in [5.41, 5.74) is 0.875. The van der Waals surface area contributed by atoms with Crippen molar-refractivity contribution in [2.75, 3.05) is 13.2 Å². The van der Waals surface area contributed by atoms with Gasteiger partial charge in [-0.05, 0) is 12.2 Å². The zero-order valence-corrected chi connectivity index (χ0v) is 6.32. The van der Waals surface area contributed by atoms with E-state index in [1.54, 1.807) is 6.20 Å². The molecule has 1 aliphatic carbocycles. The number of fused-ring (bicyclic) bond motifs is 2. The highest BCUT2D eigenvalue weighted by Crippen LogP contribution is 2.40. The van der Waals surface area contributed by atoms with Gasteiger partial charge in [0, 0.05) is 0 Å². The Morgan fingerprint density at radius 1 is 1.33 bits per heavy atom. The molecule has 1 aliphatic heterocycles. The summed E-state index contributed by atoms with van der Waals surface area (Å²) in [4.78, 5) is 0. The Balaban J connectivity index is 2.15. The number of hydrogen-bond acceptors (Lipinski definition) is 4. The van der Waals surface area contributed by atoms with E-state index in [0.717, 1.165) is 11.3 Å². The van der Waals surface area contributed by atoms with Crippen molar-refractivity contribution < 1.29 is 14.0 Å². The molecule has 1 spiro atoms. The van der Waals surface area contributed by atoms with Crippen LogP contribution in [0.15, 0.2) is 16.8 Å². The fourth-order valence-electron chi connectivity index (χ4n) is 1.59. The highest BCUT2D eigenvalue weighted by atomic mass is 16.7. The molecule has 12 heavy (non-hydrogen) atoms. The molecule has 0 atom stereocenters. The maximum atomic E-state index is 5.48. The van der Waals surface area contributed by atoms with Crippen LogP contribution in [0, 0.1) is 0 Å². The third-order valence-corrected chi connectivity index (χ3v) is 2.14. The summed E-state index contributed by atoms with van der Waals surface area (Å²) in [5.74, 6) is 0.0481. The zero-order chi connectivity index (χ0) is 8.02. The van der Waals surface area contributed by atoms with Gasteiger partial charge in [0.1, 0.15) is 0 Å². The molecule has 1 aromatic rings. The standard InChI is InChI=1S/C8H7NO3/c1-2-8(10-3-4-11-8)6-5-9-12-7(1)6/h1-2,5H,3-4H2. The van der Waals surface area contributed by atoms with E-state index in [0.29, 0.717) is 13.2 Å². The van der Waals surface area contributed by atoms with Gasteiger partial charge in [0.2, 0.25) is 5.79 Å². The number of nitrogens with zero attached hydrogens (tertiary/aromatic N) is 1. The second-order valence-corrected chi connectivity index (χ2v) is 2.80. The van der Waals surface area contributed by atoms with Crippen LogP contribution >= 0.6 is 0 Å². The molecule has 1 aromatic heterocycles. The Morgan fingerprint density at radius 3 is 3.00 bits per heavy atom. The second kappa shape index (κ2) is 1.97. The van der Waals surface area contributed by atoms with Crippen molar-refractivity contribution in [3.8, 4) is 0 Å². The fourth-order valence-corrected chi connectivity index (χ4v) is 1.59. The minimum atomic E-state index is -0.685. The van der Waals surface area contributed by atoms with E-state index in [9.17, 15) is 0 Å². The van der Waals surface area contributed by atoms with Gasteiger partial charge in [-0.15, -0.1) is 0 Å². The molecule has 62 valence electrons. The molecule has 0 aromatic carbocycles. The Hall–Kier alpha value is -1.13. The van der Waals surface area contributed by atoms with Crippen LogP contribution < -0.4 is 0 Å². The highest BCUT2D eigenvalue weighted by molar-refractivity contribution is 5.57. The first-order chi connectivity index (χ1) is 5.91. The lowest BCUT2D eigenvalue weighted by Crippen LogP contribution is -2.21. The molecule has 0 unspecified atom stereocenters. The third-order valence-electron chi connectivity index (χ3n) is 2.14. The lowest BCUT2D eigenvalue weighted by atomic mass is 10.2. The Bertz CT molecular complexity index is 336. The molecule has 2 heterocycles. The fraction of sp³-hybridized carbons (Fsp3) is 0.375. The van der Waals surface area contributed by atoms with Gasteiger partial charge in [-0.25, -0.2) is 0 Å². The number of hydrogen-bond donors (Lipinski definition) is 0. The second-order valence-electron chi connectivity index (χ2n) is 2.80. The average Bonchev–Trinajstić information content (AvgIpc) is 2.76. The SMILES string of the molecule is C1=CC2(OCCO2)c2cnoc21.